The van der Waals surface area contributed by atoms with E-state index in [1.54, 1.807) is 25.1 Å². The third-order valence-corrected chi connectivity index (χ3v) is 4.48. The standard InChI is InChI=1S/C17H18BrF3N4O3/c1-10-7-11(18)3-4-12(10)24-14(27)9-23-13(26)8-16(28,17(19,20)21)15-22-5-6-25(15)2/h3-7,28H,8-9H2,1-2H3,(H,23,26)(H,24,27). The minimum absolute atomic E-state index is 0.502. The minimum Gasteiger partial charge on any atom is -0.374 e. The first kappa shape index (κ1) is 21.9. The quantitative estimate of drug-likeness (QED) is 0.613. The molecule has 0 saturated heterocycles. The van der Waals surface area contributed by atoms with Gasteiger partial charge in [0.25, 0.3) is 0 Å². The molecule has 1 heterocycles. The maximum Gasteiger partial charge on any atom is 0.425 e. The first-order valence-corrected chi connectivity index (χ1v) is 8.83. The molecule has 28 heavy (non-hydrogen) atoms. The number of nitrogens with one attached hydrogen (secondary N) is 2. The number of aromatic nitrogens is 2. The van der Waals surface area contributed by atoms with Gasteiger partial charge in [-0.05, 0) is 30.7 Å². The number of nitrogens with zero attached hydrogens (tertiary/aromatic N) is 2. The number of benzene rings is 1. The van der Waals surface area contributed by atoms with Crippen molar-refractivity contribution in [3.8, 4) is 0 Å². The van der Waals surface area contributed by atoms with Gasteiger partial charge in [0.1, 0.15) is 0 Å². The molecule has 1 aromatic heterocycles. The predicted molar refractivity (Wildman–Crippen MR) is 98.3 cm³/mol. The first-order chi connectivity index (χ1) is 12.9. The Morgan fingerprint density at radius 2 is 1.96 bits per heavy atom. The molecular weight excluding hydrogens is 445 g/mol. The van der Waals surface area contributed by atoms with Crippen molar-refractivity contribution in [3.05, 3.63) is 46.5 Å². The van der Waals surface area contributed by atoms with Gasteiger partial charge in [0, 0.05) is 29.6 Å². The lowest BCUT2D eigenvalue weighted by molar-refractivity contribution is -0.271. The largest absolute Gasteiger partial charge is 0.425 e. The van der Waals surface area contributed by atoms with Crippen LogP contribution in [0.1, 0.15) is 17.8 Å². The summed E-state index contributed by atoms with van der Waals surface area (Å²) >= 11 is 3.29. The maximum atomic E-state index is 13.4. The Balaban J connectivity index is 2.01. The molecule has 0 aliphatic heterocycles. The molecule has 0 radical (unpaired) electrons. The van der Waals surface area contributed by atoms with Crippen molar-refractivity contribution in [2.45, 2.75) is 25.1 Å². The van der Waals surface area contributed by atoms with E-state index in [0.717, 1.165) is 20.8 Å². The lowest BCUT2D eigenvalue weighted by atomic mass is 9.97. The zero-order valence-corrected chi connectivity index (χ0v) is 16.6. The van der Waals surface area contributed by atoms with E-state index in [0.29, 0.717) is 5.69 Å². The van der Waals surface area contributed by atoms with Crippen LogP contribution in [0, 0.1) is 6.92 Å². The second-order valence-electron chi connectivity index (χ2n) is 6.18. The summed E-state index contributed by atoms with van der Waals surface area (Å²) in [6.07, 6.45) is -4.16. The lowest BCUT2D eigenvalue weighted by Gasteiger charge is -2.29. The summed E-state index contributed by atoms with van der Waals surface area (Å²) in [4.78, 5) is 27.5. The second kappa shape index (κ2) is 8.31. The molecule has 0 fully saturated rings. The van der Waals surface area contributed by atoms with Crippen LogP contribution in [-0.2, 0) is 22.2 Å². The van der Waals surface area contributed by atoms with E-state index in [2.05, 4.69) is 31.5 Å². The summed E-state index contributed by atoms with van der Waals surface area (Å²) in [5.41, 5.74) is -2.22. The number of amides is 2. The summed E-state index contributed by atoms with van der Waals surface area (Å²) in [5.74, 6) is -2.48. The molecule has 11 heteroatoms. The highest BCUT2D eigenvalue weighted by atomic mass is 79.9. The molecule has 0 aliphatic carbocycles. The van der Waals surface area contributed by atoms with E-state index < -0.39 is 42.4 Å². The molecule has 1 aromatic carbocycles. The number of carbonyl (C=O) groups is 2. The van der Waals surface area contributed by atoms with Gasteiger partial charge in [0.2, 0.25) is 17.4 Å². The van der Waals surface area contributed by atoms with Gasteiger partial charge < -0.3 is 20.3 Å². The number of aliphatic hydroxyl groups is 1. The highest BCUT2D eigenvalue weighted by Gasteiger charge is 2.58. The number of hydrogen-bond donors (Lipinski definition) is 3. The zero-order valence-electron chi connectivity index (χ0n) is 15.0. The summed E-state index contributed by atoms with van der Waals surface area (Å²) in [6, 6.07) is 5.12. The summed E-state index contributed by atoms with van der Waals surface area (Å²) in [7, 11) is 1.27. The molecule has 2 aromatic rings. The van der Waals surface area contributed by atoms with Gasteiger partial charge in [-0.1, -0.05) is 15.9 Å². The van der Waals surface area contributed by atoms with Crippen molar-refractivity contribution in [3.63, 3.8) is 0 Å². The Bertz CT molecular complexity index is 885. The number of imidazole rings is 1. The Morgan fingerprint density at radius 1 is 1.29 bits per heavy atom. The number of anilines is 1. The summed E-state index contributed by atoms with van der Waals surface area (Å²) < 4.78 is 42.0. The van der Waals surface area contributed by atoms with Crippen molar-refractivity contribution >= 4 is 33.4 Å². The lowest BCUT2D eigenvalue weighted by Crippen LogP contribution is -2.48. The highest BCUT2D eigenvalue weighted by molar-refractivity contribution is 9.10. The average Bonchev–Trinajstić information content (AvgIpc) is 3.01. The molecular formula is C17H18BrF3N4O3. The number of aryl methyl sites for hydroxylation is 2. The summed E-state index contributed by atoms with van der Waals surface area (Å²) in [6.45, 7) is 1.21. The normalized spacial score (nSPS) is 13.7. The fraction of sp³-hybridized carbons (Fsp3) is 0.353. The monoisotopic (exact) mass is 462 g/mol. The molecule has 2 rings (SSSR count). The van der Waals surface area contributed by atoms with Crippen molar-refractivity contribution in [2.75, 3.05) is 11.9 Å². The third kappa shape index (κ3) is 4.90. The van der Waals surface area contributed by atoms with Crippen LogP contribution in [0.3, 0.4) is 0 Å². The van der Waals surface area contributed by atoms with Gasteiger partial charge in [0.05, 0.1) is 13.0 Å². The third-order valence-electron chi connectivity index (χ3n) is 3.99. The van der Waals surface area contributed by atoms with Crippen LogP contribution in [0.5, 0.6) is 0 Å². The molecule has 0 saturated carbocycles. The number of halogens is 4. The van der Waals surface area contributed by atoms with E-state index in [-0.39, 0.29) is 0 Å². The topological polar surface area (TPSA) is 96.2 Å². The van der Waals surface area contributed by atoms with Crippen LogP contribution in [0.25, 0.3) is 0 Å². The van der Waals surface area contributed by atoms with Crippen molar-refractivity contribution in [1.29, 1.82) is 0 Å². The zero-order chi connectivity index (χ0) is 21.1. The number of hydrogen-bond acceptors (Lipinski definition) is 4. The molecule has 3 N–H and O–H groups in total. The number of alkyl halides is 3. The van der Waals surface area contributed by atoms with Gasteiger partial charge >= 0.3 is 6.18 Å². The van der Waals surface area contributed by atoms with Crippen molar-refractivity contribution < 1.29 is 27.9 Å². The molecule has 0 bridgehead atoms. The molecule has 1 atom stereocenters. The van der Waals surface area contributed by atoms with Crippen LogP contribution in [0.15, 0.2) is 35.1 Å². The van der Waals surface area contributed by atoms with E-state index in [1.165, 1.54) is 13.2 Å². The van der Waals surface area contributed by atoms with Crippen LogP contribution in [0.2, 0.25) is 0 Å². The Kier molecular flexibility index (Phi) is 6.50. The first-order valence-electron chi connectivity index (χ1n) is 8.03. The molecule has 152 valence electrons. The number of rotatable bonds is 6. The van der Waals surface area contributed by atoms with Crippen LogP contribution in [0.4, 0.5) is 18.9 Å². The van der Waals surface area contributed by atoms with Crippen LogP contribution >= 0.6 is 15.9 Å². The Morgan fingerprint density at radius 3 is 2.50 bits per heavy atom. The molecule has 7 nitrogen and oxygen atoms in total. The maximum absolute atomic E-state index is 13.4. The average molecular weight is 463 g/mol. The molecule has 0 spiro atoms. The van der Waals surface area contributed by atoms with Gasteiger partial charge in [-0.15, -0.1) is 0 Å². The number of carbonyl (C=O) groups excluding carboxylic acids is 2. The molecule has 0 aliphatic rings. The predicted octanol–water partition coefficient (Wildman–Crippen LogP) is 2.39. The van der Waals surface area contributed by atoms with E-state index in [9.17, 15) is 27.9 Å². The molecule has 1 unspecified atom stereocenters. The van der Waals surface area contributed by atoms with Gasteiger partial charge in [-0.25, -0.2) is 4.98 Å². The fourth-order valence-corrected chi connectivity index (χ4v) is 2.98. The minimum atomic E-state index is -5.14. The Hall–Kier alpha value is -2.40. The molecule has 2 amide bonds. The highest BCUT2D eigenvalue weighted by Crippen LogP contribution is 2.40. The van der Waals surface area contributed by atoms with Gasteiger partial charge in [0.15, 0.2) is 5.82 Å². The van der Waals surface area contributed by atoms with Gasteiger partial charge in [-0.2, -0.15) is 13.2 Å². The van der Waals surface area contributed by atoms with Crippen molar-refractivity contribution in [2.24, 2.45) is 7.05 Å². The second-order valence-corrected chi connectivity index (χ2v) is 7.10. The van der Waals surface area contributed by atoms with Gasteiger partial charge in [-0.3, -0.25) is 9.59 Å². The van der Waals surface area contributed by atoms with Crippen LogP contribution < -0.4 is 10.6 Å². The summed E-state index contributed by atoms with van der Waals surface area (Å²) in [5, 5.41) is 14.8. The Labute approximate surface area is 167 Å². The van der Waals surface area contributed by atoms with E-state index in [1.807, 2.05) is 0 Å². The van der Waals surface area contributed by atoms with E-state index in [4.69, 9.17) is 0 Å². The van der Waals surface area contributed by atoms with Crippen molar-refractivity contribution in [1.82, 2.24) is 14.9 Å². The fourth-order valence-electron chi connectivity index (χ4n) is 2.51. The SMILES string of the molecule is Cc1cc(Br)ccc1NC(=O)CNC(=O)CC(O)(c1nccn1C)C(F)(F)F. The smallest absolute Gasteiger partial charge is 0.374 e. The van der Waals surface area contributed by atoms with Crippen LogP contribution in [-0.4, -0.2) is 39.2 Å². The van der Waals surface area contributed by atoms with E-state index >= 15 is 0 Å².